The van der Waals surface area contributed by atoms with Crippen molar-refractivity contribution in [3.63, 3.8) is 0 Å². The van der Waals surface area contributed by atoms with Crippen molar-refractivity contribution in [2.24, 2.45) is 0 Å². The van der Waals surface area contributed by atoms with Gasteiger partial charge in [-0.25, -0.2) is 4.98 Å². The van der Waals surface area contributed by atoms with E-state index in [-0.39, 0.29) is 12.5 Å². The van der Waals surface area contributed by atoms with Crippen molar-refractivity contribution >= 4 is 40.4 Å². The van der Waals surface area contributed by atoms with Gasteiger partial charge in [-0.1, -0.05) is 23.2 Å². The lowest BCUT2D eigenvalue weighted by Gasteiger charge is -2.08. The molecule has 0 aliphatic heterocycles. The van der Waals surface area contributed by atoms with Crippen molar-refractivity contribution in [2.75, 3.05) is 13.2 Å². The van der Waals surface area contributed by atoms with Crippen LogP contribution in [0.4, 0.5) is 0 Å². The molecule has 0 saturated heterocycles. The van der Waals surface area contributed by atoms with Gasteiger partial charge in [0.15, 0.2) is 6.61 Å². The molecule has 0 aliphatic carbocycles. The van der Waals surface area contributed by atoms with E-state index < -0.39 is 0 Å². The Balaban J connectivity index is 1.58. The maximum absolute atomic E-state index is 11.7. The van der Waals surface area contributed by atoms with Gasteiger partial charge in [-0.3, -0.25) is 4.79 Å². The fraction of sp³-hybridized carbons (Fsp3) is 0.375. The molecule has 23 heavy (non-hydrogen) atoms. The maximum atomic E-state index is 11.7. The normalized spacial score (nSPS) is 10.6. The van der Waals surface area contributed by atoms with E-state index in [2.05, 4.69) is 15.7 Å². The molecule has 0 aliphatic rings. The summed E-state index contributed by atoms with van der Waals surface area (Å²) in [6.07, 6.45) is 2.87. The van der Waals surface area contributed by atoms with E-state index >= 15 is 0 Å². The summed E-state index contributed by atoms with van der Waals surface area (Å²) >= 11 is 13.4. The molecule has 4 nitrogen and oxygen atoms in total. The molecule has 1 aromatic carbocycles. The van der Waals surface area contributed by atoms with Gasteiger partial charge in [0.25, 0.3) is 5.91 Å². The SMILES string of the molecule is Cc1csc(CCCCNC(=O)COc2ccc(Cl)c(Cl)c2)n1. The monoisotopic (exact) mass is 372 g/mol. The standard InChI is InChI=1S/C16H18Cl2N2O2S/c1-11-10-23-16(20-11)4-2-3-7-19-15(21)9-22-12-5-6-13(17)14(18)8-12/h5-6,8,10H,2-4,7,9H2,1H3,(H,19,21). The first-order valence-electron chi connectivity index (χ1n) is 7.30. The number of ether oxygens (including phenoxy) is 1. The van der Waals surface area contributed by atoms with Gasteiger partial charge in [0.2, 0.25) is 0 Å². The summed E-state index contributed by atoms with van der Waals surface area (Å²) in [5.74, 6) is 0.370. The molecule has 0 radical (unpaired) electrons. The fourth-order valence-corrected chi connectivity index (χ4v) is 3.02. The molecule has 124 valence electrons. The zero-order valence-corrected chi connectivity index (χ0v) is 15.1. The van der Waals surface area contributed by atoms with E-state index in [9.17, 15) is 4.79 Å². The lowest BCUT2D eigenvalue weighted by atomic mass is 10.2. The Morgan fingerprint density at radius 1 is 1.30 bits per heavy atom. The van der Waals surface area contributed by atoms with Crippen LogP contribution in [0.3, 0.4) is 0 Å². The van der Waals surface area contributed by atoms with Crippen LogP contribution in [0, 0.1) is 6.92 Å². The van der Waals surface area contributed by atoms with E-state index in [1.807, 2.05) is 6.92 Å². The quantitative estimate of drug-likeness (QED) is 0.703. The highest BCUT2D eigenvalue weighted by atomic mass is 35.5. The van der Waals surface area contributed by atoms with Crippen LogP contribution in [0.1, 0.15) is 23.5 Å². The van der Waals surface area contributed by atoms with Crippen molar-refractivity contribution in [3.05, 3.63) is 44.3 Å². The second-order valence-corrected chi connectivity index (χ2v) is 6.81. The van der Waals surface area contributed by atoms with Gasteiger partial charge in [0, 0.05) is 23.7 Å². The first-order chi connectivity index (χ1) is 11.0. The van der Waals surface area contributed by atoms with E-state index in [0.717, 1.165) is 30.0 Å². The van der Waals surface area contributed by atoms with Gasteiger partial charge in [-0.05, 0) is 38.3 Å². The second-order valence-electron chi connectivity index (χ2n) is 5.05. The molecule has 0 fully saturated rings. The van der Waals surface area contributed by atoms with Crippen molar-refractivity contribution in [3.8, 4) is 5.75 Å². The highest BCUT2D eigenvalue weighted by Crippen LogP contribution is 2.26. The number of thiazole rings is 1. The number of carbonyl (C=O) groups excluding carboxylic acids is 1. The molecule has 0 atom stereocenters. The smallest absolute Gasteiger partial charge is 0.257 e. The summed E-state index contributed by atoms with van der Waals surface area (Å²) in [6, 6.07) is 4.90. The predicted octanol–water partition coefficient (Wildman–Crippen LogP) is 4.28. The highest BCUT2D eigenvalue weighted by Gasteiger charge is 2.05. The minimum atomic E-state index is -0.152. The summed E-state index contributed by atoms with van der Waals surface area (Å²) in [5, 5.41) is 6.90. The Labute approximate surface area is 149 Å². The summed E-state index contributed by atoms with van der Waals surface area (Å²) in [4.78, 5) is 16.1. The number of unbranched alkanes of at least 4 members (excludes halogenated alkanes) is 1. The van der Waals surface area contributed by atoms with Gasteiger partial charge < -0.3 is 10.1 Å². The summed E-state index contributed by atoms with van der Waals surface area (Å²) in [5.41, 5.74) is 1.07. The molecule has 0 spiro atoms. The van der Waals surface area contributed by atoms with Crippen LogP contribution >= 0.6 is 34.5 Å². The molecular formula is C16H18Cl2N2O2S. The number of aryl methyl sites for hydroxylation is 2. The lowest BCUT2D eigenvalue weighted by molar-refractivity contribution is -0.123. The van der Waals surface area contributed by atoms with Crippen LogP contribution in [-0.4, -0.2) is 24.0 Å². The average molecular weight is 373 g/mol. The predicted molar refractivity (Wildman–Crippen MR) is 94.8 cm³/mol. The molecule has 2 aromatic rings. The number of hydrogen-bond donors (Lipinski definition) is 1. The van der Waals surface area contributed by atoms with Crippen molar-refractivity contribution in [2.45, 2.75) is 26.2 Å². The molecule has 2 rings (SSSR count). The minimum Gasteiger partial charge on any atom is -0.484 e. The van der Waals surface area contributed by atoms with Gasteiger partial charge in [0.05, 0.1) is 15.1 Å². The third-order valence-electron chi connectivity index (χ3n) is 3.07. The van der Waals surface area contributed by atoms with E-state index in [1.165, 1.54) is 0 Å². The van der Waals surface area contributed by atoms with Gasteiger partial charge >= 0.3 is 0 Å². The molecule has 7 heteroatoms. The average Bonchev–Trinajstić information content (AvgIpc) is 2.93. The molecule has 1 N–H and O–H groups in total. The topological polar surface area (TPSA) is 51.2 Å². The third kappa shape index (κ3) is 6.37. The largest absolute Gasteiger partial charge is 0.484 e. The number of benzene rings is 1. The van der Waals surface area contributed by atoms with Gasteiger partial charge in [0.1, 0.15) is 5.75 Å². The van der Waals surface area contributed by atoms with Crippen molar-refractivity contribution in [1.29, 1.82) is 0 Å². The Hall–Kier alpha value is -1.30. The molecule has 1 heterocycles. The minimum absolute atomic E-state index is 0.0381. The van der Waals surface area contributed by atoms with Crippen LogP contribution in [0.2, 0.25) is 10.0 Å². The number of nitrogens with zero attached hydrogens (tertiary/aromatic N) is 1. The number of amides is 1. The van der Waals surface area contributed by atoms with E-state index in [1.54, 1.807) is 29.5 Å². The summed E-state index contributed by atoms with van der Waals surface area (Å²) in [6.45, 7) is 2.59. The number of aromatic nitrogens is 1. The fourth-order valence-electron chi connectivity index (χ4n) is 1.91. The first-order valence-corrected chi connectivity index (χ1v) is 8.93. The Kier molecular flexibility index (Phi) is 7.15. The van der Waals surface area contributed by atoms with Gasteiger partial charge in [-0.2, -0.15) is 0 Å². The van der Waals surface area contributed by atoms with Crippen LogP contribution < -0.4 is 10.1 Å². The lowest BCUT2D eigenvalue weighted by Crippen LogP contribution is -2.29. The summed E-state index contributed by atoms with van der Waals surface area (Å²) < 4.78 is 5.37. The Morgan fingerprint density at radius 3 is 2.83 bits per heavy atom. The van der Waals surface area contributed by atoms with Gasteiger partial charge in [-0.15, -0.1) is 11.3 Å². The first kappa shape index (κ1) is 18.0. The Morgan fingerprint density at radius 2 is 2.13 bits per heavy atom. The van der Waals surface area contributed by atoms with Crippen LogP contribution in [0.15, 0.2) is 23.6 Å². The number of rotatable bonds is 8. The summed E-state index contributed by atoms with van der Waals surface area (Å²) in [7, 11) is 0. The highest BCUT2D eigenvalue weighted by molar-refractivity contribution is 7.09. The Bertz CT molecular complexity index is 661. The zero-order chi connectivity index (χ0) is 16.7. The van der Waals surface area contributed by atoms with Crippen LogP contribution in [-0.2, 0) is 11.2 Å². The number of hydrogen-bond acceptors (Lipinski definition) is 4. The van der Waals surface area contributed by atoms with Crippen LogP contribution in [0.25, 0.3) is 0 Å². The number of nitrogens with one attached hydrogen (secondary N) is 1. The van der Waals surface area contributed by atoms with Crippen molar-refractivity contribution in [1.82, 2.24) is 10.3 Å². The molecular weight excluding hydrogens is 355 g/mol. The zero-order valence-electron chi connectivity index (χ0n) is 12.8. The third-order valence-corrected chi connectivity index (χ3v) is 4.83. The molecule has 0 unspecified atom stereocenters. The maximum Gasteiger partial charge on any atom is 0.257 e. The molecule has 1 amide bonds. The van der Waals surface area contributed by atoms with E-state index in [0.29, 0.717) is 22.3 Å². The number of halogens is 2. The molecule has 0 bridgehead atoms. The molecule has 0 saturated carbocycles. The van der Waals surface area contributed by atoms with Crippen molar-refractivity contribution < 1.29 is 9.53 Å². The second kappa shape index (κ2) is 9.11. The molecule has 1 aromatic heterocycles. The van der Waals surface area contributed by atoms with Crippen LogP contribution in [0.5, 0.6) is 5.75 Å². The van der Waals surface area contributed by atoms with E-state index in [4.69, 9.17) is 27.9 Å². The number of carbonyl (C=O) groups is 1.